The second kappa shape index (κ2) is 7.74. The summed E-state index contributed by atoms with van der Waals surface area (Å²) in [5.74, 6) is -0.00435. The Balaban J connectivity index is 0.000000673. The highest BCUT2D eigenvalue weighted by Crippen LogP contribution is 2.28. The van der Waals surface area contributed by atoms with Gasteiger partial charge in [-0.1, -0.05) is 39.3 Å². The summed E-state index contributed by atoms with van der Waals surface area (Å²) >= 11 is 0. The Labute approximate surface area is 98.4 Å². The highest BCUT2D eigenvalue weighted by Gasteiger charge is 2.41. The third kappa shape index (κ3) is 3.83. The predicted octanol–water partition coefficient (Wildman–Crippen LogP) is 2.73. The molecule has 16 heavy (non-hydrogen) atoms. The fourth-order valence-electron chi connectivity index (χ4n) is 1.78. The molecule has 96 valence electrons. The molecule has 1 saturated heterocycles. The van der Waals surface area contributed by atoms with Crippen LogP contribution >= 0.6 is 0 Å². The van der Waals surface area contributed by atoms with E-state index in [9.17, 15) is 10.0 Å². The van der Waals surface area contributed by atoms with E-state index in [1.807, 2.05) is 20.8 Å². The van der Waals surface area contributed by atoms with Crippen molar-refractivity contribution < 1.29 is 9.84 Å². The zero-order chi connectivity index (χ0) is 12.7. The Kier molecular flexibility index (Phi) is 7.51. The molecule has 0 aromatic rings. The number of aliphatic hydroxyl groups excluding tert-OH is 1. The summed E-state index contributed by atoms with van der Waals surface area (Å²) in [5.41, 5.74) is 0. The lowest BCUT2D eigenvalue weighted by Gasteiger charge is -2.39. The average Bonchev–Trinajstić information content (AvgIpc) is 2.25. The minimum atomic E-state index is -0.742. The normalized spacial score (nSPS) is 38.5. The molecule has 0 aromatic carbocycles. The van der Waals surface area contributed by atoms with Crippen molar-refractivity contribution >= 4 is 0 Å². The van der Waals surface area contributed by atoms with Crippen LogP contribution in [0.4, 0.5) is 0 Å². The summed E-state index contributed by atoms with van der Waals surface area (Å²) in [6.45, 7) is 9.97. The van der Waals surface area contributed by atoms with Crippen LogP contribution in [0.25, 0.3) is 0 Å². The van der Waals surface area contributed by atoms with Gasteiger partial charge in [0, 0.05) is 5.92 Å². The Morgan fingerprint density at radius 3 is 2.12 bits per heavy atom. The molecule has 0 aliphatic carbocycles. The van der Waals surface area contributed by atoms with Crippen LogP contribution in [0.15, 0.2) is 5.18 Å². The van der Waals surface area contributed by atoms with Gasteiger partial charge in [-0.05, 0) is 13.3 Å². The van der Waals surface area contributed by atoms with E-state index >= 15 is 0 Å². The van der Waals surface area contributed by atoms with E-state index in [1.165, 1.54) is 6.42 Å². The van der Waals surface area contributed by atoms with Crippen LogP contribution < -0.4 is 0 Å². The quantitative estimate of drug-likeness (QED) is 0.743. The highest BCUT2D eigenvalue weighted by molar-refractivity contribution is 4.92. The maximum Gasteiger partial charge on any atom is 0.125 e. The summed E-state index contributed by atoms with van der Waals surface area (Å²) in [6.07, 6.45) is 0.975. The Hall–Kier alpha value is -0.480. The molecule has 1 aliphatic heterocycles. The first-order valence-corrected chi connectivity index (χ1v) is 6.19. The molecular weight excluding hydrogens is 206 g/mol. The molecule has 0 saturated carbocycles. The van der Waals surface area contributed by atoms with E-state index in [4.69, 9.17) is 4.74 Å². The van der Waals surface area contributed by atoms with Gasteiger partial charge in [-0.15, -0.1) is 0 Å². The third-order valence-corrected chi connectivity index (χ3v) is 2.92. The Bertz CT molecular complexity index is 199. The average molecular weight is 231 g/mol. The second-order valence-corrected chi connectivity index (χ2v) is 4.44. The van der Waals surface area contributed by atoms with Gasteiger partial charge in [0.05, 0.1) is 12.2 Å². The van der Waals surface area contributed by atoms with Crippen LogP contribution in [0.1, 0.15) is 47.5 Å². The van der Waals surface area contributed by atoms with Crippen LogP contribution in [0.3, 0.4) is 0 Å². The molecule has 0 amide bonds. The van der Waals surface area contributed by atoms with Crippen LogP contribution in [0, 0.1) is 10.8 Å². The molecule has 0 spiro atoms. The van der Waals surface area contributed by atoms with E-state index in [2.05, 4.69) is 19.0 Å². The number of hydrogen-bond donors (Lipinski definition) is 1. The van der Waals surface area contributed by atoms with E-state index in [-0.39, 0.29) is 18.1 Å². The lowest BCUT2D eigenvalue weighted by Crippen LogP contribution is -2.51. The van der Waals surface area contributed by atoms with E-state index in [0.717, 1.165) is 0 Å². The van der Waals surface area contributed by atoms with Crippen molar-refractivity contribution in [3.05, 3.63) is 4.91 Å². The molecule has 4 nitrogen and oxygen atoms in total. The van der Waals surface area contributed by atoms with Crippen LogP contribution in [0.5, 0.6) is 0 Å². The summed E-state index contributed by atoms with van der Waals surface area (Å²) in [5, 5.41) is 12.7. The number of nitroso groups, excluding NO2 is 1. The van der Waals surface area contributed by atoms with E-state index < -0.39 is 12.1 Å². The molecule has 1 aliphatic rings. The molecular formula is C12H25NO3. The molecule has 5 unspecified atom stereocenters. The topological polar surface area (TPSA) is 58.9 Å². The second-order valence-electron chi connectivity index (χ2n) is 4.44. The maximum atomic E-state index is 10.5. The van der Waals surface area contributed by atoms with Crippen molar-refractivity contribution in [3.8, 4) is 0 Å². The first kappa shape index (κ1) is 15.5. The number of aliphatic hydroxyl groups is 1. The molecule has 1 N–H and O–H groups in total. The molecule has 0 radical (unpaired) electrons. The molecule has 1 heterocycles. The monoisotopic (exact) mass is 231 g/mol. The van der Waals surface area contributed by atoms with Gasteiger partial charge in [-0.25, -0.2) is 0 Å². The first-order chi connectivity index (χ1) is 7.53. The largest absolute Gasteiger partial charge is 0.388 e. The smallest absolute Gasteiger partial charge is 0.125 e. The predicted molar refractivity (Wildman–Crippen MR) is 65.3 cm³/mol. The summed E-state index contributed by atoms with van der Waals surface area (Å²) in [6, 6.07) is -0.520. The molecule has 0 bridgehead atoms. The van der Waals surface area contributed by atoms with Gasteiger partial charge in [-0.3, -0.25) is 0 Å². The van der Waals surface area contributed by atoms with E-state index in [0.29, 0.717) is 6.42 Å². The van der Waals surface area contributed by atoms with Crippen LogP contribution in [-0.4, -0.2) is 29.5 Å². The number of rotatable bonds is 2. The van der Waals surface area contributed by atoms with E-state index in [1.54, 1.807) is 0 Å². The first-order valence-electron chi connectivity index (χ1n) is 6.19. The Morgan fingerprint density at radius 1 is 1.25 bits per heavy atom. The van der Waals surface area contributed by atoms with Gasteiger partial charge in [0.15, 0.2) is 0 Å². The van der Waals surface area contributed by atoms with Crippen molar-refractivity contribution in [2.45, 2.75) is 71.8 Å². The van der Waals surface area contributed by atoms with Crippen molar-refractivity contribution in [3.63, 3.8) is 0 Å². The minimum absolute atomic E-state index is 0.00366. The zero-order valence-electron chi connectivity index (χ0n) is 11.0. The number of ether oxygens (including phenoxy) is 1. The molecule has 1 fully saturated rings. The lowest BCUT2D eigenvalue weighted by molar-refractivity contribution is -0.144. The standard InChI is InChI=1S/C9H17NO3.C3H8/c1-4-7-9(11)8(10-12)5(2)6(3)13-7;1-3-2/h5-9,11H,4H2,1-3H3;3H2,1-2H3. The maximum absolute atomic E-state index is 10.5. The third-order valence-electron chi connectivity index (χ3n) is 2.92. The SMILES string of the molecule is CCC.CCC1OC(C)C(C)C(N=O)C1O. The minimum Gasteiger partial charge on any atom is -0.388 e. The summed E-state index contributed by atoms with van der Waals surface area (Å²) < 4.78 is 5.54. The van der Waals surface area contributed by atoms with Gasteiger partial charge >= 0.3 is 0 Å². The number of nitrogens with zero attached hydrogens (tertiary/aromatic N) is 1. The fraction of sp³-hybridized carbons (Fsp3) is 1.00. The highest BCUT2D eigenvalue weighted by atomic mass is 16.5. The van der Waals surface area contributed by atoms with Gasteiger partial charge in [0.1, 0.15) is 12.1 Å². The van der Waals surface area contributed by atoms with Crippen molar-refractivity contribution in [2.75, 3.05) is 0 Å². The lowest BCUT2D eigenvalue weighted by atomic mass is 9.86. The van der Waals surface area contributed by atoms with Crippen molar-refractivity contribution in [1.82, 2.24) is 0 Å². The van der Waals surface area contributed by atoms with Gasteiger partial charge in [0.25, 0.3) is 0 Å². The van der Waals surface area contributed by atoms with Crippen molar-refractivity contribution in [2.24, 2.45) is 11.1 Å². The molecule has 4 heteroatoms. The fourth-order valence-corrected chi connectivity index (χ4v) is 1.78. The van der Waals surface area contributed by atoms with Crippen molar-refractivity contribution in [1.29, 1.82) is 0 Å². The van der Waals surface area contributed by atoms with Gasteiger partial charge < -0.3 is 9.84 Å². The number of hydrogen-bond acceptors (Lipinski definition) is 4. The zero-order valence-corrected chi connectivity index (χ0v) is 11.0. The van der Waals surface area contributed by atoms with Gasteiger partial charge in [0.2, 0.25) is 0 Å². The molecule has 0 aromatic heterocycles. The molecule has 1 rings (SSSR count). The van der Waals surface area contributed by atoms with Gasteiger partial charge in [-0.2, -0.15) is 4.91 Å². The van der Waals surface area contributed by atoms with Crippen LogP contribution in [-0.2, 0) is 4.74 Å². The summed E-state index contributed by atoms with van der Waals surface area (Å²) in [4.78, 5) is 10.5. The molecule has 5 atom stereocenters. The Morgan fingerprint density at radius 2 is 1.75 bits per heavy atom. The summed E-state index contributed by atoms with van der Waals surface area (Å²) in [7, 11) is 0. The van der Waals surface area contributed by atoms with Crippen LogP contribution in [0.2, 0.25) is 0 Å².